The first kappa shape index (κ1) is 14.6. The number of nitrogens with two attached hydrogens (primary N) is 1. The number of benzene rings is 2. The van der Waals surface area contributed by atoms with Gasteiger partial charge in [-0.1, -0.05) is 31.2 Å². The molecule has 2 rings (SSSR count). The second-order valence-corrected chi connectivity index (χ2v) is 5.44. The van der Waals surface area contributed by atoms with Crippen molar-refractivity contribution < 1.29 is 0 Å². The molecule has 2 heteroatoms. The van der Waals surface area contributed by atoms with Gasteiger partial charge in [-0.3, -0.25) is 0 Å². The molecule has 1 unspecified atom stereocenters. The summed E-state index contributed by atoms with van der Waals surface area (Å²) in [5.74, 6) is 0. The Morgan fingerprint density at radius 1 is 1.05 bits per heavy atom. The van der Waals surface area contributed by atoms with Crippen molar-refractivity contribution in [1.82, 2.24) is 0 Å². The highest BCUT2D eigenvalue weighted by atomic mass is 15.1. The SMILES string of the molecule is CCC(N)Cc1ccc(N(C)c2cccc(C)c2)cc1. The average Bonchev–Trinajstić information content (AvgIpc) is 2.47. The Hall–Kier alpha value is -1.80. The summed E-state index contributed by atoms with van der Waals surface area (Å²) in [5, 5.41) is 0. The van der Waals surface area contributed by atoms with Gasteiger partial charge >= 0.3 is 0 Å². The minimum Gasteiger partial charge on any atom is -0.345 e. The molecule has 2 aromatic carbocycles. The number of rotatable bonds is 5. The number of nitrogens with zero attached hydrogens (tertiary/aromatic N) is 1. The summed E-state index contributed by atoms with van der Waals surface area (Å²) in [6, 6.07) is 17.5. The Morgan fingerprint density at radius 2 is 1.75 bits per heavy atom. The summed E-state index contributed by atoms with van der Waals surface area (Å²) in [5.41, 5.74) is 11.0. The van der Waals surface area contributed by atoms with Crippen LogP contribution in [0.3, 0.4) is 0 Å². The van der Waals surface area contributed by atoms with Gasteiger partial charge in [0.25, 0.3) is 0 Å². The van der Waals surface area contributed by atoms with E-state index in [1.165, 1.54) is 22.5 Å². The largest absolute Gasteiger partial charge is 0.345 e. The van der Waals surface area contributed by atoms with Crippen molar-refractivity contribution in [2.45, 2.75) is 32.7 Å². The third kappa shape index (κ3) is 3.61. The Morgan fingerprint density at radius 3 is 2.35 bits per heavy atom. The first-order valence-electron chi connectivity index (χ1n) is 7.25. The molecule has 106 valence electrons. The van der Waals surface area contributed by atoms with E-state index in [1.54, 1.807) is 0 Å². The molecule has 0 spiro atoms. The van der Waals surface area contributed by atoms with Crippen LogP contribution in [-0.4, -0.2) is 13.1 Å². The van der Waals surface area contributed by atoms with Crippen LogP contribution in [0.1, 0.15) is 24.5 Å². The van der Waals surface area contributed by atoms with Crippen molar-refractivity contribution in [3.8, 4) is 0 Å². The van der Waals surface area contributed by atoms with Crippen LogP contribution in [0.25, 0.3) is 0 Å². The van der Waals surface area contributed by atoms with Crippen LogP contribution in [0, 0.1) is 6.92 Å². The van der Waals surface area contributed by atoms with E-state index in [0.29, 0.717) is 0 Å². The van der Waals surface area contributed by atoms with Crippen LogP contribution in [-0.2, 0) is 6.42 Å². The lowest BCUT2D eigenvalue weighted by molar-refractivity contribution is 0.646. The molecule has 0 bridgehead atoms. The molecule has 0 aliphatic rings. The number of hydrogen-bond acceptors (Lipinski definition) is 2. The zero-order chi connectivity index (χ0) is 14.5. The van der Waals surface area contributed by atoms with Crippen LogP contribution in [0.15, 0.2) is 48.5 Å². The molecule has 2 nitrogen and oxygen atoms in total. The zero-order valence-corrected chi connectivity index (χ0v) is 12.6. The minimum atomic E-state index is 0.260. The first-order chi connectivity index (χ1) is 9.60. The van der Waals surface area contributed by atoms with Gasteiger partial charge in [-0.2, -0.15) is 0 Å². The van der Waals surface area contributed by atoms with E-state index in [1.807, 2.05) is 0 Å². The molecular weight excluding hydrogens is 244 g/mol. The molecule has 0 radical (unpaired) electrons. The Labute approximate surface area is 122 Å². The van der Waals surface area contributed by atoms with E-state index in [0.717, 1.165) is 12.8 Å². The molecule has 1 atom stereocenters. The monoisotopic (exact) mass is 268 g/mol. The van der Waals surface area contributed by atoms with Crippen LogP contribution < -0.4 is 10.6 Å². The van der Waals surface area contributed by atoms with Gasteiger partial charge in [0, 0.05) is 24.5 Å². The normalized spacial score (nSPS) is 12.2. The van der Waals surface area contributed by atoms with Crippen molar-refractivity contribution in [2.24, 2.45) is 5.73 Å². The van der Waals surface area contributed by atoms with Crippen LogP contribution >= 0.6 is 0 Å². The predicted molar refractivity (Wildman–Crippen MR) is 87.7 cm³/mol. The fourth-order valence-corrected chi connectivity index (χ4v) is 2.29. The lowest BCUT2D eigenvalue weighted by atomic mass is 10.0. The van der Waals surface area contributed by atoms with Crippen molar-refractivity contribution in [2.75, 3.05) is 11.9 Å². The second-order valence-electron chi connectivity index (χ2n) is 5.44. The highest BCUT2D eigenvalue weighted by Gasteiger charge is 2.05. The Balaban J connectivity index is 2.13. The molecular formula is C18H24N2. The van der Waals surface area contributed by atoms with Gasteiger partial charge in [0.1, 0.15) is 0 Å². The van der Waals surface area contributed by atoms with Crippen LogP contribution in [0.2, 0.25) is 0 Å². The van der Waals surface area contributed by atoms with Crippen molar-refractivity contribution >= 4 is 11.4 Å². The molecule has 0 amide bonds. The summed E-state index contributed by atoms with van der Waals surface area (Å²) in [4.78, 5) is 2.20. The maximum absolute atomic E-state index is 6.00. The molecule has 0 fully saturated rings. The first-order valence-corrected chi connectivity index (χ1v) is 7.25. The Bertz CT molecular complexity index is 546. The summed E-state index contributed by atoms with van der Waals surface area (Å²) >= 11 is 0. The van der Waals surface area contributed by atoms with Gasteiger partial charge in [0.05, 0.1) is 0 Å². The van der Waals surface area contributed by atoms with Crippen molar-refractivity contribution in [1.29, 1.82) is 0 Å². The average molecular weight is 268 g/mol. The lowest BCUT2D eigenvalue weighted by Gasteiger charge is -2.20. The van der Waals surface area contributed by atoms with E-state index >= 15 is 0 Å². The molecule has 0 heterocycles. The van der Waals surface area contributed by atoms with E-state index in [2.05, 4.69) is 74.3 Å². The zero-order valence-electron chi connectivity index (χ0n) is 12.6. The van der Waals surface area contributed by atoms with Gasteiger partial charge < -0.3 is 10.6 Å². The molecule has 2 N–H and O–H groups in total. The minimum absolute atomic E-state index is 0.260. The Kier molecular flexibility index (Phi) is 4.80. The van der Waals surface area contributed by atoms with Gasteiger partial charge in [-0.05, 0) is 55.2 Å². The van der Waals surface area contributed by atoms with Crippen molar-refractivity contribution in [3.63, 3.8) is 0 Å². The molecule has 2 aromatic rings. The third-order valence-corrected chi connectivity index (χ3v) is 3.73. The standard InChI is InChI=1S/C18H24N2/c1-4-16(19)13-15-8-10-17(11-9-15)20(3)18-7-5-6-14(2)12-18/h5-12,16H,4,13,19H2,1-3H3. The highest BCUT2D eigenvalue weighted by Crippen LogP contribution is 2.24. The van der Waals surface area contributed by atoms with E-state index in [4.69, 9.17) is 5.73 Å². The van der Waals surface area contributed by atoms with Crippen LogP contribution in [0.5, 0.6) is 0 Å². The lowest BCUT2D eigenvalue weighted by Crippen LogP contribution is -2.21. The van der Waals surface area contributed by atoms with Crippen LogP contribution in [0.4, 0.5) is 11.4 Å². The topological polar surface area (TPSA) is 29.3 Å². The number of hydrogen-bond donors (Lipinski definition) is 1. The second kappa shape index (κ2) is 6.58. The molecule has 0 aromatic heterocycles. The van der Waals surface area contributed by atoms with Gasteiger partial charge in [0.2, 0.25) is 0 Å². The maximum Gasteiger partial charge on any atom is 0.0410 e. The smallest absolute Gasteiger partial charge is 0.0410 e. The summed E-state index contributed by atoms with van der Waals surface area (Å²) < 4.78 is 0. The highest BCUT2D eigenvalue weighted by molar-refractivity contribution is 5.63. The molecule has 0 aliphatic heterocycles. The fourth-order valence-electron chi connectivity index (χ4n) is 2.29. The molecule has 0 aliphatic carbocycles. The maximum atomic E-state index is 6.00. The molecule has 0 saturated heterocycles. The number of aryl methyl sites for hydroxylation is 1. The molecule has 20 heavy (non-hydrogen) atoms. The third-order valence-electron chi connectivity index (χ3n) is 3.73. The number of anilines is 2. The van der Waals surface area contributed by atoms with Gasteiger partial charge in [-0.15, -0.1) is 0 Å². The van der Waals surface area contributed by atoms with E-state index in [9.17, 15) is 0 Å². The summed E-state index contributed by atoms with van der Waals surface area (Å²) in [6.45, 7) is 4.25. The fraction of sp³-hybridized carbons (Fsp3) is 0.333. The summed E-state index contributed by atoms with van der Waals surface area (Å²) in [7, 11) is 2.10. The van der Waals surface area contributed by atoms with E-state index in [-0.39, 0.29) is 6.04 Å². The van der Waals surface area contributed by atoms with E-state index < -0.39 is 0 Å². The predicted octanol–water partition coefficient (Wildman–Crippen LogP) is 4.04. The quantitative estimate of drug-likeness (QED) is 0.886. The van der Waals surface area contributed by atoms with Gasteiger partial charge in [-0.25, -0.2) is 0 Å². The van der Waals surface area contributed by atoms with Crippen molar-refractivity contribution in [3.05, 3.63) is 59.7 Å². The summed E-state index contributed by atoms with van der Waals surface area (Å²) in [6.07, 6.45) is 1.97. The van der Waals surface area contributed by atoms with Gasteiger partial charge in [0.15, 0.2) is 0 Å². The molecule has 0 saturated carbocycles.